The molecular formula is C12H22O3. The third-order valence-electron chi connectivity index (χ3n) is 2.49. The van der Waals surface area contributed by atoms with Crippen molar-refractivity contribution in [1.29, 1.82) is 0 Å². The van der Waals surface area contributed by atoms with E-state index < -0.39 is 17.1 Å². The van der Waals surface area contributed by atoms with Crippen molar-refractivity contribution in [2.24, 2.45) is 5.41 Å². The first-order valence-corrected chi connectivity index (χ1v) is 5.21. The summed E-state index contributed by atoms with van der Waals surface area (Å²) in [5, 5.41) is 9.70. The Bertz CT molecular complexity index is 240. The van der Waals surface area contributed by atoms with E-state index in [1.807, 2.05) is 6.92 Å². The third kappa shape index (κ3) is 3.67. The fourth-order valence-electron chi connectivity index (χ4n) is 0.956. The number of esters is 1. The zero-order chi connectivity index (χ0) is 12.3. The average molecular weight is 214 g/mol. The van der Waals surface area contributed by atoms with Gasteiger partial charge in [0.15, 0.2) is 0 Å². The molecule has 2 atom stereocenters. The first-order valence-electron chi connectivity index (χ1n) is 5.21. The Morgan fingerprint density at radius 2 is 1.93 bits per heavy atom. The molecule has 0 aromatic rings. The molecule has 0 amide bonds. The van der Waals surface area contributed by atoms with Gasteiger partial charge in [-0.25, -0.2) is 0 Å². The Morgan fingerprint density at radius 3 is 2.20 bits per heavy atom. The molecule has 15 heavy (non-hydrogen) atoms. The van der Waals surface area contributed by atoms with Crippen molar-refractivity contribution in [3.63, 3.8) is 0 Å². The average Bonchev–Trinajstić information content (AvgIpc) is 2.14. The first kappa shape index (κ1) is 14.2. The lowest BCUT2D eigenvalue weighted by Crippen LogP contribution is -2.44. The predicted molar refractivity (Wildman–Crippen MR) is 60.4 cm³/mol. The SMILES string of the molecule is C=CC(O)C(C)(CC)OC(=O)C(C)(C)C. The lowest BCUT2D eigenvalue weighted by molar-refractivity contribution is -0.177. The molecule has 0 radical (unpaired) electrons. The van der Waals surface area contributed by atoms with Crippen LogP contribution in [0.2, 0.25) is 0 Å². The van der Waals surface area contributed by atoms with Crippen molar-refractivity contribution in [3.05, 3.63) is 12.7 Å². The van der Waals surface area contributed by atoms with E-state index in [0.717, 1.165) is 0 Å². The highest BCUT2D eigenvalue weighted by Crippen LogP contribution is 2.26. The van der Waals surface area contributed by atoms with Gasteiger partial charge in [0.1, 0.15) is 11.7 Å². The topological polar surface area (TPSA) is 46.5 Å². The van der Waals surface area contributed by atoms with Gasteiger partial charge in [-0.1, -0.05) is 13.0 Å². The maximum atomic E-state index is 11.7. The Balaban J connectivity index is 4.73. The number of aliphatic hydroxyl groups excluding tert-OH is 1. The standard InChI is InChI=1S/C12H22O3/c1-7-9(13)12(6,8-2)15-10(14)11(3,4)5/h7,9,13H,1,8H2,2-6H3. The fraction of sp³-hybridized carbons (Fsp3) is 0.750. The molecule has 0 rings (SSSR count). The van der Waals surface area contributed by atoms with Gasteiger partial charge in [0.05, 0.1) is 5.41 Å². The lowest BCUT2D eigenvalue weighted by atomic mass is 9.93. The van der Waals surface area contributed by atoms with Gasteiger partial charge < -0.3 is 9.84 Å². The second-order valence-electron chi connectivity index (χ2n) is 4.99. The van der Waals surface area contributed by atoms with Gasteiger partial charge in [-0.2, -0.15) is 0 Å². The van der Waals surface area contributed by atoms with Gasteiger partial charge >= 0.3 is 5.97 Å². The van der Waals surface area contributed by atoms with Crippen LogP contribution < -0.4 is 0 Å². The Labute approximate surface area is 92.1 Å². The van der Waals surface area contributed by atoms with Crippen LogP contribution in [0, 0.1) is 5.41 Å². The molecule has 0 aromatic heterocycles. The molecule has 0 aliphatic heterocycles. The minimum absolute atomic E-state index is 0.312. The van der Waals surface area contributed by atoms with Crippen LogP contribution in [0.25, 0.3) is 0 Å². The number of carbonyl (C=O) groups is 1. The van der Waals surface area contributed by atoms with Crippen molar-refractivity contribution in [2.75, 3.05) is 0 Å². The molecule has 3 nitrogen and oxygen atoms in total. The van der Waals surface area contributed by atoms with E-state index in [1.54, 1.807) is 27.7 Å². The summed E-state index contributed by atoms with van der Waals surface area (Å²) in [4.78, 5) is 11.7. The highest BCUT2D eigenvalue weighted by Gasteiger charge is 2.36. The minimum atomic E-state index is -0.883. The van der Waals surface area contributed by atoms with Crippen molar-refractivity contribution in [3.8, 4) is 0 Å². The van der Waals surface area contributed by atoms with E-state index in [4.69, 9.17) is 4.74 Å². The number of aliphatic hydroxyl groups is 1. The van der Waals surface area contributed by atoms with Crippen LogP contribution in [0.1, 0.15) is 41.0 Å². The predicted octanol–water partition coefficient (Wildman–Crippen LogP) is 2.29. The smallest absolute Gasteiger partial charge is 0.311 e. The minimum Gasteiger partial charge on any atom is -0.456 e. The second kappa shape index (κ2) is 4.79. The number of carbonyl (C=O) groups excluding carboxylic acids is 1. The highest BCUT2D eigenvalue weighted by molar-refractivity contribution is 5.75. The van der Waals surface area contributed by atoms with Gasteiger partial charge in [-0.3, -0.25) is 4.79 Å². The summed E-state index contributed by atoms with van der Waals surface area (Å²) in [7, 11) is 0. The molecule has 0 bridgehead atoms. The lowest BCUT2D eigenvalue weighted by Gasteiger charge is -2.34. The van der Waals surface area contributed by atoms with Crippen molar-refractivity contribution in [2.45, 2.75) is 52.7 Å². The molecule has 3 heteroatoms. The number of ether oxygens (including phenoxy) is 1. The van der Waals surface area contributed by atoms with E-state index in [1.165, 1.54) is 6.08 Å². The van der Waals surface area contributed by atoms with Crippen molar-refractivity contribution >= 4 is 5.97 Å². The van der Waals surface area contributed by atoms with Crippen LogP contribution in [0.3, 0.4) is 0 Å². The molecule has 1 N–H and O–H groups in total. The number of rotatable bonds is 4. The highest BCUT2D eigenvalue weighted by atomic mass is 16.6. The molecule has 0 spiro atoms. The summed E-state index contributed by atoms with van der Waals surface area (Å²) in [6.45, 7) is 12.4. The molecule has 0 fully saturated rings. The van der Waals surface area contributed by atoms with E-state index in [2.05, 4.69) is 6.58 Å². The molecule has 0 saturated heterocycles. The zero-order valence-electron chi connectivity index (χ0n) is 10.3. The fourth-order valence-corrected chi connectivity index (χ4v) is 0.956. The summed E-state index contributed by atoms with van der Waals surface area (Å²) in [5.74, 6) is -0.312. The molecule has 0 saturated carbocycles. The molecule has 88 valence electrons. The van der Waals surface area contributed by atoms with E-state index in [9.17, 15) is 9.90 Å². The van der Waals surface area contributed by atoms with Crippen LogP contribution in [0.4, 0.5) is 0 Å². The summed E-state index contributed by atoms with van der Waals surface area (Å²) in [5.41, 5.74) is -1.44. The van der Waals surface area contributed by atoms with Crippen LogP contribution in [-0.2, 0) is 9.53 Å². The third-order valence-corrected chi connectivity index (χ3v) is 2.49. The van der Waals surface area contributed by atoms with Crippen LogP contribution >= 0.6 is 0 Å². The molecule has 0 heterocycles. The van der Waals surface area contributed by atoms with Crippen molar-refractivity contribution < 1.29 is 14.6 Å². The van der Waals surface area contributed by atoms with E-state index in [-0.39, 0.29) is 5.97 Å². The molecule has 0 aliphatic carbocycles. The van der Waals surface area contributed by atoms with E-state index >= 15 is 0 Å². The molecular weight excluding hydrogens is 192 g/mol. The summed E-state index contributed by atoms with van der Waals surface area (Å²) >= 11 is 0. The van der Waals surface area contributed by atoms with Gasteiger partial charge in [-0.05, 0) is 34.1 Å². The van der Waals surface area contributed by atoms with Crippen LogP contribution in [0.5, 0.6) is 0 Å². The van der Waals surface area contributed by atoms with Crippen molar-refractivity contribution in [1.82, 2.24) is 0 Å². The Morgan fingerprint density at radius 1 is 1.47 bits per heavy atom. The van der Waals surface area contributed by atoms with Crippen LogP contribution in [-0.4, -0.2) is 22.8 Å². The monoisotopic (exact) mass is 214 g/mol. The van der Waals surface area contributed by atoms with Gasteiger partial charge in [0.2, 0.25) is 0 Å². The Hall–Kier alpha value is -0.830. The Kier molecular flexibility index (Phi) is 4.53. The first-order chi connectivity index (χ1) is 6.67. The number of hydrogen-bond acceptors (Lipinski definition) is 3. The summed E-state index contributed by atoms with van der Waals surface area (Å²) in [6.07, 6.45) is 1.09. The maximum absolute atomic E-state index is 11.7. The number of hydrogen-bond donors (Lipinski definition) is 1. The normalized spacial score (nSPS) is 17.7. The zero-order valence-corrected chi connectivity index (χ0v) is 10.3. The van der Waals surface area contributed by atoms with Gasteiger partial charge in [0.25, 0.3) is 0 Å². The quantitative estimate of drug-likeness (QED) is 0.577. The molecule has 0 aliphatic rings. The van der Waals surface area contributed by atoms with Crippen LogP contribution in [0.15, 0.2) is 12.7 Å². The van der Waals surface area contributed by atoms with Gasteiger partial charge in [-0.15, -0.1) is 6.58 Å². The van der Waals surface area contributed by atoms with Gasteiger partial charge in [0, 0.05) is 0 Å². The molecule has 0 aromatic carbocycles. The maximum Gasteiger partial charge on any atom is 0.311 e. The largest absolute Gasteiger partial charge is 0.456 e. The summed E-state index contributed by atoms with van der Waals surface area (Å²) in [6, 6.07) is 0. The van der Waals surface area contributed by atoms with E-state index in [0.29, 0.717) is 6.42 Å². The second-order valence-corrected chi connectivity index (χ2v) is 4.99. The summed E-state index contributed by atoms with van der Waals surface area (Å²) < 4.78 is 5.34. The molecule has 2 unspecified atom stereocenters.